The molecule has 8 heteroatoms. The zero-order valence-electron chi connectivity index (χ0n) is 16.8. The molecule has 2 aliphatic rings. The highest BCUT2D eigenvalue weighted by molar-refractivity contribution is 5.90. The van der Waals surface area contributed by atoms with Crippen LogP contribution in [-0.4, -0.2) is 64.1 Å². The van der Waals surface area contributed by atoms with Gasteiger partial charge in [-0.15, -0.1) is 0 Å². The number of anilines is 1. The molecule has 2 N–H and O–H groups in total. The van der Waals surface area contributed by atoms with E-state index in [4.69, 9.17) is 19.8 Å². The lowest BCUT2D eigenvalue weighted by Gasteiger charge is -2.28. The molecule has 0 unspecified atom stereocenters. The molecular formula is C22H25N7O. The quantitative estimate of drug-likeness (QED) is 0.547. The van der Waals surface area contributed by atoms with Crippen molar-refractivity contribution < 1.29 is 4.74 Å². The van der Waals surface area contributed by atoms with E-state index in [2.05, 4.69) is 44.1 Å². The molecule has 0 bridgehead atoms. The average molecular weight is 403 g/mol. The van der Waals surface area contributed by atoms with Gasteiger partial charge in [-0.2, -0.15) is 5.10 Å². The summed E-state index contributed by atoms with van der Waals surface area (Å²) < 4.78 is 7.70. The fraction of sp³-hybridized carbons (Fsp3) is 0.409. The summed E-state index contributed by atoms with van der Waals surface area (Å²) in [5, 5.41) is 10.4. The van der Waals surface area contributed by atoms with E-state index >= 15 is 0 Å². The fourth-order valence-electron chi connectivity index (χ4n) is 4.57. The van der Waals surface area contributed by atoms with Crippen LogP contribution in [0.15, 0.2) is 36.7 Å². The van der Waals surface area contributed by atoms with E-state index in [1.807, 2.05) is 12.4 Å². The van der Waals surface area contributed by atoms with Crippen LogP contribution in [0.4, 0.5) is 5.82 Å². The van der Waals surface area contributed by atoms with Crippen molar-refractivity contribution in [3.8, 4) is 11.4 Å². The minimum absolute atomic E-state index is 0.371. The van der Waals surface area contributed by atoms with Crippen molar-refractivity contribution in [1.82, 2.24) is 30.0 Å². The van der Waals surface area contributed by atoms with Crippen LogP contribution in [0.25, 0.3) is 33.3 Å². The Hall–Kier alpha value is -2.97. The molecule has 3 aromatic heterocycles. The van der Waals surface area contributed by atoms with Crippen molar-refractivity contribution in [3.05, 3.63) is 36.7 Å². The van der Waals surface area contributed by atoms with Crippen LogP contribution in [0.2, 0.25) is 0 Å². The van der Waals surface area contributed by atoms with Gasteiger partial charge in [0.1, 0.15) is 5.82 Å². The van der Waals surface area contributed by atoms with Crippen molar-refractivity contribution in [2.24, 2.45) is 0 Å². The van der Waals surface area contributed by atoms with Crippen LogP contribution in [-0.2, 0) is 4.74 Å². The summed E-state index contributed by atoms with van der Waals surface area (Å²) in [5.41, 5.74) is 3.08. The molecule has 30 heavy (non-hydrogen) atoms. The summed E-state index contributed by atoms with van der Waals surface area (Å²) in [7, 11) is 0. The second kappa shape index (κ2) is 7.37. The first-order chi connectivity index (χ1) is 14.9. The zero-order chi connectivity index (χ0) is 19.9. The minimum Gasteiger partial charge on any atom is -0.378 e. The Balaban J connectivity index is 1.52. The molecule has 2 saturated heterocycles. The van der Waals surface area contributed by atoms with Crippen molar-refractivity contribution >= 4 is 27.8 Å². The zero-order valence-corrected chi connectivity index (χ0v) is 16.8. The normalized spacial score (nSPS) is 18.5. The lowest BCUT2D eigenvalue weighted by Crippen LogP contribution is -2.37. The molecule has 2 aliphatic heterocycles. The third-order valence-electron chi connectivity index (χ3n) is 6.21. The van der Waals surface area contributed by atoms with Gasteiger partial charge in [-0.1, -0.05) is 0 Å². The summed E-state index contributed by atoms with van der Waals surface area (Å²) in [6.07, 6.45) is 6.04. The Labute approximate surface area is 174 Å². The molecule has 154 valence electrons. The SMILES string of the molecule is c1cc2cc(-c3nc(N4CCOCC4)c4cnn(C5CCNCC5)c4n3)ccc2[nH]1. The van der Waals surface area contributed by atoms with Crippen molar-refractivity contribution in [2.45, 2.75) is 18.9 Å². The summed E-state index contributed by atoms with van der Waals surface area (Å²) in [4.78, 5) is 15.6. The number of fused-ring (bicyclic) bond motifs is 2. The minimum atomic E-state index is 0.371. The highest BCUT2D eigenvalue weighted by atomic mass is 16.5. The van der Waals surface area contributed by atoms with Gasteiger partial charge in [0.2, 0.25) is 0 Å². The van der Waals surface area contributed by atoms with Gasteiger partial charge in [0, 0.05) is 35.8 Å². The van der Waals surface area contributed by atoms with Crippen molar-refractivity contribution in [1.29, 1.82) is 0 Å². The molecule has 2 fully saturated rings. The predicted molar refractivity (Wildman–Crippen MR) is 117 cm³/mol. The van der Waals surface area contributed by atoms with Crippen molar-refractivity contribution in [2.75, 3.05) is 44.3 Å². The standard InChI is InChI=1S/C22H25N7O/c1-2-19-15(3-8-24-19)13-16(1)20-26-21(28-9-11-30-12-10-28)18-14-25-29(22(18)27-20)17-4-6-23-7-5-17/h1-3,8,13-14,17,23-24H,4-7,9-12H2. The third-order valence-corrected chi connectivity index (χ3v) is 6.21. The highest BCUT2D eigenvalue weighted by Crippen LogP contribution is 2.32. The number of aromatic nitrogens is 5. The number of aromatic amines is 1. The van der Waals surface area contributed by atoms with E-state index < -0.39 is 0 Å². The van der Waals surface area contributed by atoms with Crippen LogP contribution < -0.4 is 10.2 Å². The van der Waals surface area contributed by atoms with Gasteiger partial charge in [0.05, 0.1) is 30.8 Å². The maximum atomic E-state index is 5.57. The number of morpholine rings is 1. The maximum absolute atomic E-state index is 5.57. The highest BCUT2D eigenvalue weighted by Gasteiger charge is 2.24. The van der Waals surface area contributed by atoms with Gasteiger partial charge in [-0.05, 0) is 50.2 Å². The number of hydrogen-bond donors (Lipinski definition) is 2. The van der Waals surface area contributed by atoms with E-state index in [-0.39, 0.29) is 0 Å². The van der Waals surface area contributed by atoms with Gasteiger partial charge in [-0.25, -0.2) is 14.6 Å². The van der Waals surface area contributed by atoms with Crippen molar-refractivity contribution in [3.63, 3.8) is 0 Å². The molecular weight excluding hydrogens is 378 g/mol. The molecule has 5 heterocycles. The monoisotopic (exact) mass is 403 g/mol. The summed E-state index contributed by atoms with van der Waals surface area (Å²) in [6.45, 7) is 5.15. The smallest absolute Gasteiger partial charge is 0.164 e. The largest absolute Gasteiger partial charge is 0.378 e. The molecule has 0 atom stereocenters. The van der Waals surface area contributed by atoms with Crippen LogP contribution >= 0.6 is 0 Å². The summed E-state index contributed by atoms with van der Waals surface area (Å²) in [5.74, 6) is 1.72. The fourth-order valence-corrected chi connectivity index (χ4v) is 4.57. The van der Waals surface area contributed by atoms with E-state index in [9.17, 15) is 0 Å². The number of benzene rings is 1. The number of ether oxygens (including phenoxy) is 1. The number of nitrogens with zero attached hydrogens (tertiary/aromatic N) is 5. The van der Waals surface area contributed by atoms with E-state index in [0.29, 0.717) is 6.04 Å². The van der Waals surface area contributed by atoms with Gasteiger partial charge < -0.3 is 19.9 Å². The van der Waals surface area contributed by atoms with Crippen LogP contribution in [0.3, 0.4) is 0 Å². The Kier molecular flexibility index (Phi) is 4.39. The molecule has 0 amide bonds. The molecule has 0 saturated carbocycles. The first kappa shape index (κ1) is 17.9. The van der Waals surface area contributed by atoms with Gasteiger partial charge in [0.15, 0.2) is 11.5 Å². The van der Waals surface area contributed by atoms with Crippen LogP contribution in [0.1, 0.15) is 18.9 Å². The number of piperidine rings is 1. The van der Waals surface area contributed by atoms with Gasteiger partial charge in [0.25, 0.3) is 0 Å². The molecule has 4 aromatic rings. The molecule has 0 radical (unpaired) electrons. The Morgan fingerprint density at radius 1 is 1.03 bits per heavy atom. The molecule has 1 aromatic carbocycles. The first-order valence-electron chi connectivity index (χ1n) is 10.7. The molecule has 8 nitrogen and oxygen atoms in total. The van der Waals surface area contributed by atoms with E-state index in [1.54, 1.807) is 0 Å². The lowest BCUT2D eigenvalue weighted by molar-refractivity contribution is 0.122. The van der Waals surface area contributed by atoms with Crippen LogP contribution in [0.5, 0.6) is 0 Å². The third kappa shape index (κ3) is 3.03. The molecule has 0 aliphatic carbocycles. The number of H-pyrrole nitrogens is 1. The molecule has 0 spiro atoms. The Bertz CT molecular complexity index is 1180. The number of hydrogen-bond acceptors (Lipinski definition) is 6. The van der Waals surface area contributed by atoms with Gasteiger partial charge >= 0.3 is 0 Å². The first-order valence-corrected chi connectivity index (χ1v) is 10.7. The van der Waals surface area contributed by atoms with Crippen LogP contribution in [0, 0.1) is 0 Å². The second-order valence-corrected chi connectivity index (χ2v) is 8.06. The topological polar surface area (TPSA) is 83.9 Å². The maximum Gasteiger partial charge on any atom is 0.164 e. The second-order valence-electron chi connectivity index (χ2n) is 8.06. The Morgan fingerprint density at radius 2 is 1.90 bits per heavy atom. The number of rotatable bonds is 3. The summed E-state index contributed by atoms with van der Waals surface area (Å²) >= 11 is 0. The molecule has 6 rings (SSSR count). The predicted octanol–water partition coefficient (Wildman–Crippen LogP) is 2.74. The van der Waals surface area contributed by atoms with Gasteiger partial charge in [-0.3, -0.25) is 0 Å². The van der Waals surface area contributed by atoms with E-state index in [0.717, 1.165) is 91.4 Å². The van der Waals surface area contributed by atoms with E-state index in [1.165, 1.54) is 0 Å². The number of nitrogens with one attached hydrogen (secondary N) is 2. The summed E-state index contributed by atoms with van der Waals surface area (Å²) in [6, 6.07) is 8.79. The lowest BCUT2D eigenvalue weighted by atomic mass is 10.1. The average Bonchev–Trinajstić information content (AvgIpc) is 3.46. The Morgan fingerprint density at radius 3 is 2.77 bits per heavy atom.